The van der Waals surface area contributed by atoms with Crippen LogP contribution in [0.2, 0.25) is 0 Å². The van der Waals surface area contributed by atoms with E-state index >= 15 is 0 Å². The fraction of sp³-hybridized carbons (Fsp3) is 0.500. The molecule has 0 heterocycles. The third-order valence-electron chi connectivity index (χ3n) is 1.88. The van der Waals surface area contributed by atoms with Gasteiger partial charge in [-0.2, -0.15) is 0 Å². The van der Waals surface area contributed by atoms with Gasteiger partial charge < -0.3 is 0 Å². The van der Waals surface area contributed by atoms with Gasteiger partial charge in [0.2, 0.25) is 0 Å². The molecular formula is C12H18. The largest absolute Gasteiger partial charge is 0.0628 e. The topological polar surface area (TPSA) is 0 Å². The average molecular weight is 165 g/mol. The summed E-state index contributed by atoms with van der Waals surface area (Å²) in [6.07, 6.45) is 0. The molecule has 0 atom stereocenters. The zero-order chi connectivity index (χ0) is 12.0. The van der Waals surface area contributed by atoms with E-state index < -0.39 is 0 Å². The molecule has 0 fully saturated rings. The molecule has 0 aliphatic heterocycles. The maximum atomic E-state index is 7.96. The van der Waals surface area contributed by atoms with Crippen molar-refractivity contribution < 1.29 is 4.11 Å². The minimum absolute atomic E-state index is 0.180. The van der Waals surface area contributed by atoms with Gasteiger partial charge in [-0.05, 0) is 30.4 Å². The molecule has 1 aromatic rings. The van der Waals surface area contributed by atoms with Crippen LogP contribution in [0.25, 0.3) is 0 Å². The maximum absolute atomic E-state index is 7.96. The zero-order valence-electron chi connectivity index (χ0n) is 11.5. The summed E-state index contributed by atoms with van der Waals surface area (Å²) in [5.41, 5.74) is 2.08. The highest BCUT2D eigenvalue weighted by Crippen LogP contribution is 2.25. The summed E-state index contributed by atoms with van der Waals surface area (Å²) in [6, 6.07) is 0.866. The second-order valence-corrected chi connectivity index (χ2v) is 4.25. The lowest BCUT2D eigenvalue weighted by molar-refractivity contribution is 0.586. The maximum Gasteiger partial charge on any atom is 0.0628 e. The van der Waals surface area contributed by atoms with Crippen LogP contribution < -0.4 is 0 Å². The van der Waals surface area contributed by atoms with E-state index in [1.165, 1.54) is 0 Å². The van der Waals surface area contributed by atoms with Crippen molar-refractivity contribution in [3.05, 3.63) is 34.8 Å². The molecule has 0 saturated carbocycles. The smallest absolute Gasteiger partial charge is 0.0590 e. The van der Waals surface area contributed by atoms with E-state index in [4.69, 9.17) is 4.11 Å². The normalized spacial score (nSPS) is 15.2. The number of rotatable bonds is 0. The van der Waals surface area contributed by atoms with Gasteiger partial charge in [-0.1, -0.05) is 44.5 Å². The Kier molecular flexibility index (Phi) is 1.42. The second kappa shape index (κ2) is 2.93. The van der Waals surface area contributed by atoms with E-state index in [9.17, 15) is 0 Å². The highest BCUT2D eigenvalue weighted by molar-refractivity contribution is 5.34. The van der Waals surface area contributed by atoms with Gasteiger partial charge in [-0.3, -0.25) is 0 Å². The molecule has 0 amide bonds. The summed E-state index contributed by atoms with van der Waals surface area (Å²) < 4.78 is 23.7. The first-order valence-electron chi connectivity index (χ1n) is 5.75. The molecule has 0 heteroatoms. The fourth-order valence-electron chi connectivity index (χ4n) is 1.38. The Bertz CT molecular complexity index is 371. The van der Waals surface area contributed by atoms with Crippen LogP contribution in [0, 0.1) is 13.8 Å². The first-order valence-corrected chi connectivity index (χ1v) is 4.25. The zero-order valence-corrected chi connectivity index (χ0v) is 8.50. The van der Waals surface area contributed by atoms with Crippen molar-refractivity contribution in [2.24, 2.45) is 0 Å². The van der Waals surface area contributed by atoms with Crippen LogP contribution in [0.15, 0.2) is 18.1 Å². The van der Waals surface area contributed by atoms with Crippen LogP contribution in [-0.4, -0.2) is 0 Å². The molecule has 0 radical (unpaired) electrons. The molecule has 0 aliphatic rings. The van der Waals surface area contributed by atoms with Crippen molar-refractivity contribution in [2.45, 2.75) is 40.0 Å². The molecule has 12 heavy (non-hydrogen) atoms. The summed E-state index contributed by atoms with van der Waals surface area (Å²) >= 11 is 0. The SMILES string of the molecule is [2H]c1c([2H])c(C(C)(C)C)c(C)c([2H])c1C. The minimum atomic E-state index is -0.180. The summed E-state index contributed by atoms with van der Waals surface area (Å²) in [5.74, 6) is 0. The third-order valence-corrected chi connectivity index (χ3v) is 1.88. The number of hydrogen-bond donors (Lipinski definition) is 0. The molecular weight excluding hydrogens is 144 g/mol. The molecule has 0 aliphatic carbocycles. The van der Waals surface area contributed by atoms with Gasteiger partial charge in [0.1, 0.15) is 0 Å². The third kappa shape index (κ3) is 1.88. The Morgan fingerprint density at radius 3 is 2.25 bits per heavy atom. The van der Waals surface area contributed by atoms with Crippen LogP contribution in [0.5, 0.6) is 0 Å². The molecule has 0 N–H and O–H groups in total. The van der Waals surface area contributed by atoms with Crippen LogP contribution >= 0.6 is 0 Å². The molecule has 0 unspecified atom stereocenters. The predicted octanol–water partition coefficient (Wildman–Crippen LogP) is 3.60. The van der Waals surface area contributed by atoms with Gasteiger partial charge in [0, 0.05) is 0 Å². The molecule has 66 valence electrons. The standard InChI is InChI=1S/C12H18/c1-9-6-7-11(10(2)8-9)12(3,4)5/h6-8H,1-5H3/i6D,7D,8D. The highest BCUT2D eigenvalue weighted by atomic mass is 14.2. The predicted molar refractivity (Wildman–Crippen MR) is 54.6 cm³/mol. The van der Waals surface area contributed by atoms with Gasteiger partial charge >= 0.3 is 0 Å². The summed E-state index contributed by atoms with van der Waals surface area (Å²) in [5, 5.41) is 0. The fourth-order valence-corrected chi connectivity index (χ4v) is 1.38. The van der Waals surface area contributed by atoms with Crippen LogP contribution in [-0.2, 0) is 5.41 Å². The molecule has 0 nitrogen and oxygen atoms in total. The van der Waals surface area contributed by atoms with Crippen molar-refractivity contribution in [1.82, 2.24) is 0 Å². The molecule has 0 spiro atoms. The Hall–Kier alpha value is -0.780. The van der Waals surface area contributed by atoms with E-state index in [-0.39, 0.29) is 17.5 Å². The monoisotopic (exact) mass is 165 g/mol. The van der Waals surface area contributed by atoms with Crippen molar-refractivity contribution in [3.63, 3.8) is 0 Å². The molecule has 0 saturated heterocycles. The van der Waals surface area contributed by atoms with Crippen molar-refractivity contribution in [2.75, 3.05) is 0 Å². The van der Waals surface area contributed by atoms with Crippen LogP contribution in [0.4, 0.5) is 0 Å². The lowest BCUT2D eigenvalue weighted by Crippen LogP contribution is -2.12. The van der Waals surface area contributed by atoms with E-state index in [0.717, 1.165) is 11.1 Å². The summed E-state index contributed by atoms with van der Waals surface area (Å²) in [6.45, 7) is 9.65. The van der Waals surface area contributed by atoms with Gasteiger partial charge in [0.15, 0.2) is 0 Å². The summed E-state index contributed by atoms with van der Waals surface area (Å²) in [4.78, 5) is 0. The Labute approximate surface area is 79.8 Å². The van der Waals surface area contributed by atoms with Crippen LogP contribution in [0.3, 0.4) is 0 Å². The van der Waals surface area contributed by atoms with Crippen molar-refractivity contribution in [3.8, 4) is 0 Å². The lowest BCUT2D eigenvalue weighted by atomic mass is 9.84. The molecule has 1 aromatic carbocycles. The number of benzene rings is 1. The van der Waals surface area contributed by atoms with Crippen molar-refractivity contribution in [1.29, 1.82) is 0 Å². The Morgan fingerprint density at radius 2 is 1.75 bits per heavy atom. The van der Waals surface area contributed by atoms with E-state index in [1.807, 2.05) is 27.7 Å². The molecule has 0 aromatic heterocycles. The van der Waals surface area contributed by atoms with Gasteiger partial charge in [-0.15, -0.1) is 0 Å². The molecule has 1 rings (SSSR count). The van der Waals surface area contributed by atoms with Gasteiger partial charge in [0.25, 0.3) is 0 Å². The quantitative estimate of drug-likeness (QED) is 0.551. The minimum Gasteiger partial charge on any atom is -0.0590 e. The number of hydrogen-bond acceptors (Lipinski definition) is 0. The van der Waals surface area contributed by atoms with Gasteiger partial charge in [0.05, 0.1) is 4.11 Å². The van der Waals surface area contributed by atoms with E-state index in [0.29, 0.717) is 11.6 Å². The van der Waals surface area contributed by atoms with E-state index in [2.05, 4.69) is 0 Å². The first kappa shape index (κ1) is 5.80. The van der Waals surface area contributed by atoms with Crippen molar-refractivity contribution >= 4 is 0 Å². The highest BCUT2D eigenvalue weighted by Gasteiger charge is 2.15. The first-order chi connectivity index (χ1) is 6.68. The summed E-state index contributed by atoms with van der Waals surface area (Å²) in [7, 11) is 0. The Morgan fingerprint density at radius 1 is 1.17 bits per heavy atom. The van der Waals surface area contributed by atoms with Gasteiger partial charge in [-0.25, -0.2) is 0 Å². The Balaban J connectivity index is 3.68. The van der Waals surface area contributed by atoms with Crippen LogP contribution in [0.1, 0.15) is 41.6 Å². The lowest BCUT2D eigenvalue weighted by Gasteiger charge is -2.21. The van der Waals surface area contributed by atoms with E-state index in [1.54, 1.807) is 6.92 Å². The second-order valence-electron chi connectivity index (χ2n) is 4.25. The average Bonchev–Trinajstić information content (AvgIpc) is 2.09. The molecule has 0 bridgehead atoms.